The van der Waals surface area contributed by atoms with Gasteiger partial charge in [-0.25, -0.2) is 4.68 Å². The highest BCUT2D eigenvalue weighted by Crippen LogP contribution is 2.14. The predicted molar refractivity (Wildman–Crippen MR) is 91.6 cm³/mol. The number of benzene rings is 1. The van der Waals surface area contributed by atoms with Crippen molar-refractivity contribution in [1.29, 1.82) is 0 Å². The monoisotopic (exact) mass is 320 g/mol. The number of carbonyl (C=O) groups excluding carboxylic acids is 1. The van der Waals surface area contributed by atoms with Crippen LogP contribution in [-0.4, -0.2) is 27.7 Å². The first-order chi connectivity index (χ1) is 11.6. The van der Waals surface area contributed by atoms with Crippen LogP contribution in [0.1, 0.15) is 0 Å². The van der Waals surface area contributed by atoms with Gasteiger partial charge in [0.25, 0.3) is 5.56 Å². The molecule has 0 saturated heterocycles. The van der Waals surface area contributed by atoms with Gasteiger partial charge in [-0.1, -0.05) is 18.2 Å². The normalized spacial score (nSPS) is 10.4. The number of anilines is 1. The van der Waals surface area contributed by atoms with Gasteiger partial charge >= 0.3 is 0 Å². The van der Waals surface area contributed by atoms with Crippen molar-refractivity contribution in [2.24, 2.45) is 0 Å². The Hall–Kier alpha value is -3.28. The second-order valence-corrected chi connectivity index (χ2v) is 5.24. The average Bonchev–Trinajstić information content (AvgIpc) is 2.64. The number of aromatic nitrogens is 3. The number of para-hydroxylation sites is 1. The van der Waals surface area contributed by atoms with E-state index < -0.39 is 0 Å². The molecule has 120 valence electrons. The van der Waals surface area contributed by atoms with E-state index in [0.717, 1.165) is 11.3 Å². The number of nitrogens with zero attached hydrogens (tertiary/aromatic N) is 4. The van der Waals surface area contributed by atoms with Crippen LogP contribution >= 0.6 is 0 Å². The Morgan fingerprint density at radius 3 is 2.46 bits per heavy atom. The van der Waals surface area contributed by atoms with E-state index in [1.165, 1.54) is 15.6 Å². The molecule has 6 nitrogen and oxygen atoms in total. The van der Waals surface area contributed by atoms with Crippen molar-refractivity contribution in [1.82, 2.24) is 14.8 Å². The van der Waals surface area contributed by atoms with Gasteiger partial charge in [0.15, 0.2) is 0 Å². The lowest BCUT2D eigenvalue weighted by Crippen LogP contribution is -2.34. The lowest BCUT2D eigenvalue weighted by Gasteiger charge is -2.17. The predicted octanol–water partition coefficient (Wildman–Crippen LogP) is 1.97. The molecule has 0 bridgehead atoms. The molecule has 0 atom stereocenters. The Balaban J connectivity index is 1.85. The molecule has 0 fully saturated rings. The number of hydrogen-bond donors (Lipinski definition) is 0. The molecule has 0 aliphatic rings. The third-order valence-corrected chi connectivity index (χ3v) is 3.65. The molecule has 6 heteroatoms. The highest BCUT2D eigenvalue weighted by molar-refractivity contribution is 5.92. The molecule has 3 aromatic rings. The van der Waals surface area contributed by atoms with Crippen LogP contribution < -0.4 is 10.5 Å². The quantitative estimate of drug-likeness (QED) is 0.737. The molecule has 1 amide bonds. The first kappa shape index (κ1) is 15.6. The molecular formula is C18H16N4O2. The minimum absolute atomic E-state index is 0.122. The Labute approximate surface area is 139 Å². The molecule has 3 rings (SSSR count). The summed E-state index contributed by atoms with van der Waals surface area (Å²) < 4.78 is 1.18. The molecule has 1 aromatic carbocycles. The maximum absolute atomic E-state index is 12.4. The minimum Gasteiger partial charge on any atom is -0.314 e. The summed E-state index contributed by atoms with van der Waals surface area (Å²) in [5.41, 5.74) is 1.90. The van der Waals surface area contributed by atoms with E-state index in [4.69, 9.17) is 0 Å². The summed E-state index contributed by atoms with van der Waals surface area (Å²) >= 11 is 0. The van der Waals surface area contributed by atoms with Crippen LogP contribution in [-0.2, 0) is 11.3 Å². The molecule has 0 unspecified atom stereocenters. The zero-order valence-electron chi connectivity index (χ0n) is 13.2. The van der Waals surface area contributed by atoms with Crippen molar-refractivity contribution >= 4 is 11.6 Å². The zero-order valence-corrected chi connectivity index (χ0v) is 13.2. The molecule has 24 heavy (non-hydrogen) atoms. The highest BCUT2D eigenvalue weighted by Gasteiger charge is 2.13. The van der Waals surface area contributed by atoms with Gasteiger partial charge in [-0.2, -0.15) is 5.10 Å². The third-order valence-electron chi connectivity index (χ3n) is 3.65. The fourth-order valence-electron chi connectivity index (χ4n) is 2.27. The van der Waals surface area contributed by atoms with Crippen LogP contribution in [0.2, 0.25) is 0 Å². The first-order valence-electron chi connectivity index (χ1n) is 7.45. The third kappa shape index (κ3) is 3.38. The second-order valence-electron chi connectivity index (χ2n) is 5.24. The van der Waals surface area contributed by atoms with E-state index in [-0.39, 0.29) is 18.0 Å². The zero-order chi connectivity index (χ0) is 16.9. The first-order valence-corrected chi connectivity index (χ1v) is 7.45. The molecule has 0 aliphatic heterocycles. The number of rotatable bonds is 4. The highest BCUT2D eigenvalue weighted by atomic mass is 16.2. The molecule has 0 radical (unpaired) electrons. The van der Waals surface area contributed by atoms with Crippen molar-refractivity contribution < 1.29 is 4.79 Å². The Bertz CT molecular complexity index is 892. The number of likely N-dealkylation sites (N-methyl/N-ethyl adjacent to an activating group) is 1. The maximum atomic E-state index is 12.4. The van der Waals surface area contributed by atoms with Gasteiger partial charge in [-0.3, -0.25) is 14.6 Å². The van der Waals surface area contributed by atoms with Crippen LogP contribution in [0.5, 0.6) is 0 Å². The summed E-state index contributed by atoms with van der Waals surface area (Å²) in [6.07, 6.45) is 3.31. The SMILES string of the molecule is CN(C(=O)Cn1nc(-c2ccncc2)ccc1=O)c1ccccc1. The van der Waals surface area contributed by atoms with Gasteiger partial charge in [0, 0.05) is 36.8 Å². The minimum atomic E-state index is -0.317. The van der Waals surface area contributed by atoms with E-state index in [0.29, 0.717) is 5.69 Å². The summed E-state index contributed by atoms with van der Waals surface area (Å²) in [6, 6.07) is 15.9. The van der Waals surface area contributed by atoms with Gasteiger partial charge in [-0.05, 0) is 30.3 Å². The molecule has 0 saturated carbocycles. The number of hydrogen-bond acceptors (Lipinski definition) is 4. The number of amides is 1. The topological polar surface area (TPSA) is 68.1 Å². The standard InChI is InChI=1S/C18H16N4O2/c1-21(15-5-3-2-4-6-15)18(24)13-22-17(23)8-7-16(20-22)14-9-11-19-12-10-14/h2-12H,13H2,1H3. The lowest BCUT2D eigenvalue weighted by molar-refractivity contribution is -0.119. The molecule has 2 aromatic heterocycles. The van der Waals surface area contributed by atoms with Crippen LogP contribution in [0.4, 0.5) is 5.69 Å². The Morgan fingerprint density at radius 2 is 1.75 bits per heavy atom. The van der Waals surface area contributed by atoms with E-state index in [1.54, 1.807) is 37.6 Å². The largest absolute Gasteiger partial charge is 0.314 e. The Morgan fingerprint density at radius 1 is 1.04 bits per heavy atom. The van der Waals surface area contributed by atoms with Gasteiger partial charge in [0.2, 0.25) is 5.91 Å². The van der Waals surface area contributed by atoms with E-state index >= 15 is 0 Å². The summed E-state index contributed by atoms with van der Waals surface area (Å²) in [5.74, 6) is -0.220. The lowest BCUT2D eigenvalue weighted by atomic mass is 10.2. The van der Waals surface area contributed by atoms with E-state index in [1.807, 2.05) is 30.3 Å². The van der Waals surface area contributed by atoms with Gasteiger partial charge in [-0.15, -0.1) is 0 Å². The molecule has 0 aliphatic carbocycles. The molecular weight excluding hydrogens is 304 g/mol. The molecule has 0 spiro atoms. The van der Waals surface area contributed by atoms with Crippen molar-refractivity contribution in [2.45, 2.75) is 6.54 Å². The van der Waals surface area contributed by atoms with Crippen LogP contribution in [0, 0.1) is 0 Å². The van der Waals surface area contributed by atoms with E-state index in [9.17, 15) is 9.59 Å². The maximum Gasteiger partial charge on any atom is 0.267 e. The van der Waals surface area contributed by atoms with Crippen molar-refractivity contribution in [3.63, 3.8) is 0 Å². The fourth-order valence-corrected chi connectivity index (χ4v) is 2.27. The average molecular weight is 320 g/mol. The van der Waals surface area contributed by atoms with E-state index in [2.05, 4.69) is 10.1 Å². The fraction of sp³-hybridized carbons (Fsp3) is 0.111. The Kier molecular flexibility index (Phi) is 4.47. The van der Waals surface area contributed by atoms with Gasteiger partial charge in [0.1, 0.15) is 6.54 Å². The van der Waals surface area contributed by atoms with Gasteiger partial charge < -0.3 is 4.90 Å². The van der Waals surface area contributed by atoms with Crippen LogP contribution in [0.15, 0.2) is 71.8 Å². The van der Waals surface area contributed by atoms with Crippen molar-refractivity contribution in [3.05, 3.63) is 77.3 Å². The smallest absolute Gasteiger partial charge is 0.267 e. The van der Waals surface area contributed by atoms with Crippen molar-refractivity contribution in [3.8, 4) is 11.3 Å². The summed E-state index contributed by atoms with van der Waals surface area (Å²) in [7, 11) is 1.68. The second kappa shape index (κ2) is 6.87. The van der Waals surface area contributed by atoms with Crippen LogP contribution in [0.25, 0.3) is 11.3 Å². The number of pyridine rings is 1. The van der Waals surface area contributed by atoms with Crippen LogP contribution in [0.3, 0.4) is 0 Å². The summed E-state index contributed by atoms with van der Waals surface area (Å²) in [5, 5.41) is 4.29. The molecule has 0 N–H and O–H groups in total. The summed E-state index contributed by atoms with van der Waals surface area (Å²) in [6.45, 7) is -0.122. The van der Waals surface area contributed by atoms with Crippen molar-refractivity contribution in [2.75, 3.05) is 11.9 Å². The molecule has 2 heterocycles. The number of carbonyl (C=O) groups is 1. The van der Waals surface area contributed by atoms with Gasteiger partial charge in [0.05, 0.1) is 5.69 Å². The summed E-state index contributed by atoms with van der Waals surface area (Å²) in [4.78, 5) is 29.9.